The molecule has 0 aliphatic carbocycles. The average molecular weight is 657 g/mol. The maximum Gasteiger partial charge on any atom is 0.420 e. The van der Waals surface area contributed by atoms with Crippen LogP contribution in [0.15, 0.2) is 85.7 Å². The van der Waals surface area contributed by atoms with E-state index in [2.05, 4.69) is 24.2 Å². The fraction of sp³-hybridized carbons (Fsp3) is 0.259. The molecular weight excluding hydrogens is 624 g/mol. The van der Waals surface area contributed by atoms with Crippen molar-refractivity contribution in [3.05, 3.63) is 102 Å². The van der Waals surface area contributed by atoms with Gasteiger partial charge in [0.15, 0.2) is 6.20 Å². The number of aromatic nitrogens is 4. The number of alkyl halides is 6. The van der Waals surface area contributed by atoms with Crippen molar-refractivity contribution in [3.63, 3.8) is 0 Å². The molecule has 0 N–H and O–H groups in total. The molecule has 0 saturated carbocycles. The fourth-order valence-corrected chi connectivity index (χ4v) is 2.87. The molecule has 4 aromatic rings. The van der Waals surface area contributed by atoms with Crippen LogP contribution in [-0.2, 0) is 12.4 Å². The van der Waals surface area contributed by atoms with Crippen molar-refractivity contribution < 1.29 is 44.7 Å². The summed E-state index contributed by atoms with van der Waals surface area (Å²) in [6.45, 7) is 0.417. The molecule has 15 heteroatoms. The van der Waals surface area contributed by atoms with E-state index < -0.39 is 23.5 Å². The van der Waals surface area contributed by atoms with Gasteiger partial charge in [0, 0.05) is 77.7 Å². The predicted molar refractivity (Wildman–Crippen MR) is 154 cm³/mol. The van der Waals surface area contributed by atoms with Crippen molar-refractivity contribution in [2.24, 2.45) is 0 Å². The predicted octanol–water partition coefficient (Wildman–Crippen LogP) is 3.84. The minimum Gasteiger partial charge on any atom is -1.00 e. The molecule has 1 unspecified atom stereocenters. The molecule has 0 amide bonds. The van der Waals surface area contributed by atoms with Gasteiger partial charge < -0.3 is 22.2 Å². The first kappa shape index (κ1) is 36.8. The number of hydrogen-bond acceptors (Lipinski definition) is 5. The van der Waals surface area contributed by atoms with E-state index in [0.717, 1.165) is 30.1 Å². The molecule has 42 heavy (non-hydrogen) atoms. The van der Waals surface area contributed by atoms with E-state index in [-0.39, 0.29) is 17.6 Å². The summed E-state index contributed by atoms with van der Waals surface area (Å²) >= 11 is 5.28. The molecule has 0 aliphatic rings. The van der Waals surface area contributed by atoms with Crippen LogP contribution in [0.25, 0.3) is 5.82 Å². The highest BCUT2D eigenvalue weighted by Gasteiger charge is 2.32. The van der Waals surface area contributed by atoms with Gasteiger partial charge in [-0.3, -0.25) is 4.98 Å². The molecule has 0 aliphatic heterocycles. The Labute approximate surface area is 256 Å². The van der Waals surface area contributed by atoms with Crippen molar-refractivity contribution in [1.82, 2.24) is 15.0 Å². The van der Waals surface area contributed by atoms with Gasteiger partial charge in [0.1, 0.15) is 5.15 Å². The van der Waals surface area contributed by atoms with Crippen LogP contribution in [0.1, 0.15) is 12.5 Å². The molecule has 0 radical (unpaired) electrons. The summed E-state index contributed by atoms with van der Waals surface area (Å²) in [5.74, 6) is 0.443. The lowest BCUT2D eigenvalue weighted by molar-refractivity contribution is -0.599. The Morgan fingerprint density at radius 3 is 1.50 bits per heavy atom. The monoisotopic (exact) mass is 656 g/mol. The van der Waals surface area contributed by atoms with Crippen molar-refractivity contribution in [1.29, 1.82) is 0 Å². The highest BCUT2D eigenvalue weighted by Crippen LogP contribution is 2.29. The number of nitrogens with zero attached hydrogens (tertiary/aromatic N) is 6. The number of anilines is 2. The van der Waals surface area contributed by atoms with E-state index in [0.29, 0.717) is 18.7 Å². The summed E-state index contributed by atoms with van der Waals surface area (Å²) in [4.78, 5) is 15.0. The van der Waals surface area contributed by atoms with Crippen LogP contribution >= 0.6 is 20.8 Å². The third-order valence-electron chi connectivity index (χ3n) is 4.90. The van der Waals surface area contributed by atoms with Gasteiger partial charge in [0.25, 0.3) is 0 Å². The summed E-state index contributed by atoms with van der Waals surface area (Å²) in [5, 5.41) is 0.0537. The third kappa shape index (κ3) is 13.6. The van der Waals surface area contributed by atoms with Gasteiger partial charge in [-0.15, -0.1) is 9.24 Å². The number of pyridine rings is 4. The van der Waals surface area contributed by atoms with Gasteiger partial charge in [0.2, 0.25) is 0 Å². The Balaban J connectivity index is 0.000000627. The second-order valence-electron chi connectivity index (χ2n) is 8.23. The second kappa shape index (κ2) is 18.4. The Hall–Kier alpha value is -3.21. The van der Waals surface area contributed by atoms with Crippen molar-refractivity contribution >= 4 is 32.2 Å². The number of hydrogen-bond donors (Lipinski definition) is 0. The van der Waals surface area contributed by atoms with Gasteiger partial charge in [-0.1, -0.05) is 18.2 Å². The zero-order valence-corrected chi connectivity index (χ0v) is 25.7. The third-order valence-corrected chi connectivity index (χ3v) is 5.13. The van der Waals surface area contributed by atoms with Crippen LogP contribution < -0.4 is 26.8 Å². The molecule has 0 spiro atoms. The molecule has 0 saturated heterocycles. The van der Waals surface area contributed by atoms with Gasteiger partial charge in [-0.05, 0) is 35.3 Å². The van der Waals surface area contributed by atoms with Gasteiger partial charge in [-0.25, -0.2) is 9.55 Å². The van der Waals surface area contributed by atoms with Gasteiger partial charge in [0.05, 0.1) is 23.5 Å². The standard InChI is InChI=1S/C13H13F3N3.C7H10N2.C6H3ClF3N.CH5P.ClH/c1-18(2)11-5-7-19(8-6-11)12-4-3-10(9-17-12)13(14,15)16;1-9(2)7-3-5-8-6-4-7;7-5-2-1-4(3-11-5)6(8,9)10;1-2;/h3-9H,1-2H3;3-6H,1-2H3;1-3H;2H2,1H3;1H/q+1;;;;/p-1/i;;;1T;. The quantitative estimate of drug-likeness (QED) is 0.145. The lowest BCUT2D eigenvalue weighted by Gasteiger charge is -2.11. The first-order valence-corrected chi connectivity index (χ1v) is 12.8. The Morgan fingerprint density at radius 1 is 0.738 bits per heavy atom. The van der Waals surface area contributed by atoms with E-state index >= 15 is 0 Å². The first-order chi connectivity index (χ1) is 19.6. The number of rotatable bonds is 3. The molecule has 230 valence electrons. The van der Waals surface area contributed by atoms with E-state index in [4.69, 9.17) is 13.0 Å². The van der Waals surface area contributed by atoms with Crippen LogP contribution in [0.5, 0.6) is 0 Å². The Bertz CT molecular complexity index is 1300. The molecule has 0 aromatic carbocycles. The highest BCUT2D eigenvalue weighted by atomic mass is 35.5. The maximum absolute atomic E-state index is 12.4. The molecule has 1 atom stereocenters. The molecule has 4 aromatic heterocycles. The average Bonchev–Trinajstić information content (AvgIpc) is 2.94. The van der Waals surface area contributed by atoms with Crippen molar-refractivity contribution in [2.45, 2.75) is 12.4 Å². The van der Waals surface area contributed by atoms with E-state index in [1.165, 1.54) is 11.8 Å². The van der Waals surface area contributed by atoms with Crippen LogP contribution in [0.2, 0.25) is 5.15 Å². The maximum atomic E-state index is 12.4. The first-order valence-electron chi connectivity index (χ1n) is 12.3. The van der Waals surface area contributed by atoms with Crippen LogP contribution in [0.3, 0.4) is 0 Å². The summed E-state index contributed by atoms with van der Waals surface area (Å²) < 4.78 is 80.6. The largest absolute Gasteiger partial charge is 1.00 e. The highest BCUT2D eigenvalue weighted by molar-refractivity contribution is 7.15. The molecular formula is C27H31Cl2F6N6P. The zero-order valence-electron chi connectivity index (χ0n) is 24.1. The van der Waals surface area contributed by atoms with Crippen LogP contribution in [-0.4, -0.2) is 49.8 Å². The van der Waals surface area contributed by atoms with Crippen molar-refractivity contribution in [2.75, 3.05) is 44.6 Å². The Kier molecular flexibility index (Phi) is 16.1. The van der Waals surface area contributed by atoms with E-state index in [1.807, 2.05) is 62.3 Å². The fourth-order valence-electron chi connectivity index (χ4n) is 2.76. The molecule has 4 heterocycles. The molecule has 0 bridgehead atoms. The molecule has 6 nitrogen and oxygen atoms in total. The zero-order chi connectivity index (χ0) is 31.9. The topological polar surface area (TPSA) is 49.0 Å². The SMILES string of the molecule is CN(C)c1cc[n+](-c2ccc(C(F)(F)F)cn2)cc1.CN(C)c1ccncc1.FC(F)(F)c1ccc(Cl)nc1.[3H]CP.[Cl-]. The van der Waals surface area contributed by atoms with Crippen LogP contribution in [0.4, 0.5) is 37.7 Å². The summed E-state index contributed by atoms with van der Waals surface area (Å²) in [7, 11) is 10.1. The Morgan fingerprint density at radius 2 is 1.17 bits per heavy atom. The van der Waals surface area contributed by atoms with Gasteiger partial charge in [-0.2, -0.15) is 26.3 Å². The summed E-state index contributed by atoms with van der Waals surface area (Å²) in [6.07, 6.45) is -0.0758. The summed E-state index contributed by atoms with van der Waals surface area (Å²) in [6, 6.07) is 12.0. The molecule has 4 rings (SSSR count). The van der Waals surface area contributed by atoms with Gasteiger partial charge >= 0.3 is 18.2 Å². The van der Waals surface area contributed by atoms with E-state index in [1.54, 1.807) is 29.4 Å². The smallest absolute Gasteiger partial charge is 0.420 e. The second-order valence-corrected chi connectivity index (χ2v) is 8.62. The molecule has 0 fully saturated rings. The van der Waals surface area contributed by atoms with E-state index in [9.17, 15) is 26.3 Å². The normalized spacial score (nSPS) is 10.6. The minimum absolute atomic E-state index is 0. The summed E-state index contributed by atoms with van der Waals surface area (Å²) in [5.41, 5.74) is 0.650. The lowest BCUT2D eigenvalue weighted by Crippen LogP contribution is -3.00. The minimum atomic E-state index is -4.36. The lowest BCUT2D eigenvalue weighted by atomic mass is 10.3. The van der Waals surface area contributed by atoms with Crippen molar-refractivity contribution in [3.8, 4) is 5.82 Å². The number of halogens is 8. The van der Waals surface area contributed by atoms with Crippen LogP contribution in [0, 0.1) is 0 Å².